The Morgan fingerprint density at radius 3 is 2.83 bits per heavy atom. The summed E-state index contributed by atoms with van der Waals surface area (Å²) in [6.07, 6.45) is 3.05. The van der Waals surface area contributed by atoms with Crippen molar-refractivity contribution in [3.05, 3.63) is 30.2 Å². The molecule has 0 aliphatic heterocycles. The Bertz CT molecular complexity index is 256. The zero-order valence-corrected chi connectivity index (χ0v) is 7.37. The molecule has 0 atom stereocenters. The van der Waals surface area contributed by atoms with Crippen LogP contribution < -0.4 is 4.74 Å². The first-order chi connectivity index (χ1) is 5.77. The monoisotopic (exact) mass is 165 g/mol. The number of hydrogen-bond acceptors (Lipinski definition) is 2. The molecule has 65 valence electrons. The van der Waals surface area contributed by atoms with Gasteiger partial charge in [-0.2, -0.15) is 0 Å². The third-order valence-corrected chi connectivity index (χ3v) is 1.64. The highest BCUT2D eigenvalue weighted by molar-refractivity contribution is 5.43. The van der Waals surface area contributed by atoms with Crippen LogP contribution in [-0.2, 0) is 0 Å². The van der Waals surface area contributed by atoms with Crippen LogP contribution >= 0.6 is 0 Å². The fourth-order valence-electron chi connectivity index (χ4n) is 1.06. The van der Waals surface area contributed by atoms with Crippen molar-refractivity contribution >= 4 is 0 Å². The largest absolute Gasteiger partial charge is 0.504 e. The standard InChI is InChI=1S/C10H13O2/c1-3-4-8-5-6-9(11)10(7-8)12-2/h4-7,11H,3H2,1-2H3. The number of phenolic OH excluding ortho intramolecular Hbond substituents is 1. The van der Waals surface area contributed by atoms with Crippen molar-refractivity contribution < 1.29 is 9.84 Å². The molecule has 0 amide bonds. The lowest BCUT2D eigenvalue weighted by atomic mass is 10.1. The Hall–Kier alpha value is -1.18. The SMILES string of the molecule is CC[CH]c1ccc(O)c(OC)c1. The highest BCUT2D eigenvalue weighted by Crippen LogP contribution is 2.26. The van der Waals surface area contributed by atoms with Gasteiger partial charge in [-0.05, 0) is 30.5 Å². The summed E-state index contributed by atoms with van der Waals surface area (Å²) in [5.41, 5.74) is 1.08. The lowest BCUT2D eigenvalue weighted by Crippen LogP contribution is -1.86. The zero-order valence-electron chi connectivity index (χ0n) is 7.37. The number of methoxy groups -OCH3 is 1. The molecular formula is C10H13O2. The number of phenols is 1. The van der Waals surface area contributed by atoms with Crippen molar-refractivity contribution in [1.29, 1.82) is 0 Å². The first kappa shape index (κ1) is 8.91. The Kier molecular flexibility index (Phi) is 2.97. The number of benzene rings is 1. The molecule has 2 heteroatoms. The molecule has 2 nitrogen and oxygen atoms in total. The number of aromatic hydroxyl groups is 1. The summed E-state index contributed by atoms with van der Waals surface area (Å²) in [6.45, 7) is 2.07. The quantitative estimate of drug-likeness (QED) is 0.745. The topological polar surface area (TPSA) is 29.5 Å². The average Bonchev–Trinajstić information content (AvgIpc) is 2.09. The van der Waals surface area contributed by atoms with Crippen LogP contribution in [0.15, 0.2) is 18.2 Å². The third kappa shape index (κ3) is 1.91. The summed E-state index contributed by atoms with van der Waals surface area (Å²) in [5, 5.41) is 9.26. The summed E-state index contributed by atoms with van der Waals surface area (Å²) < 4.78 is 4.96. The molecule has 0 heterocycles. The molecule has 0 saturated carbocycles. The number of hydrogen-bond donors (Lipinski definition) is 1. The molecule has 0 aromatic heterocycles. The normalized spacial score (nSPS) is 9.83. The second-order valence-corrected chi connectivity index (χ2v) is 2.54. The van der Waals surface area contributed by atoms with Crippen LogP contribution in [0.2, 0.25) is 0 Å². The van der Waals surface area contributed by atoms with Gasteiger partial charge in [0, 0.05) is 0 Å². The maximum absolute atomic E-state index is 9.26. The Morgan fingerprint density at radius 2 is 2.25 bits per heavy atom. The predicted molar refractivity (Wildman–Crippen MR) is 48.4 cm³/mol. The van der Waals surface area contributed by atoms with Crippen molar-refractivity contribution in [3.63, 3.8) is 0 Å². The van der Waals surface area contributed by atoms with Gasteiger partial charge in [0.05, 0.1) is 7.11 Å². The summed E-state index contributed by atoms with van der Waals surface area (Å²) >= 11 is 0. The van der Waals surface area contributed by atoms with E-state index in [4.69, 9.17) is 4.74 Å². The van der Waals surface area contributed by atoms with E-state index in [-0.39, 0.29) is 5.75 Å². The Balaban J connectivity index is 2.89. The van der Waals surface area contributed by atoms with Crippen LogP contribution in [0.1, 0.15) is 18.9 Å². The second-order valence-electron chi connectivity index (χ2n) is 2.54. The highest BCUT2D eigenvalue weighted by atomic mass is 16.5. The van der Waals surface area contributed by atoms with Crippen molar-refractivity contribution in [2.75, 3.05) is 7.11 Å². The van der Waals surface area contributed by atoms with E-state index in [0.29, 0.717) is 5.75 Å². The smallest absolute Gasteiger partial charge is 0.160 e. The van der Waals surface area contributed by atoms with Gasteiger partial charge in [-0.1, -0.05) is 13.0 Å². The van der Waals surface area contributed by atoms with Crippen LogP contribution in [-0.4, -0.2) is 12.2 Å². The molecule has 1 N–H and O–H groups in total. The van der Waals surface area contributed by atoms with Gasteiger partial charge in [-0.25, -0.2) is 0 Å². The van der Waals surface area contributed by atoms with Gasteiger partial charge < -0.3 is 9.84 Å². The minimum atomic E-state index is 0.186. The first-order valence-electron chi connectivity index (χ1n) is 3.98. The van der Waals surface area contributed by atoms with Gasteiger partial charge in [0.2, 0.25) is 0 Å². The van der Waals surface area contributed by atoms with E-state index in [1.165, 1.54) is 0 Å². The van der Waals surface area contributed by atoms with E-state index >= 15 is 0 Å². The molecule has 0 fully saturated rings. The van der Waals surface area contributed by atoms with Crippen LogP contribution in [0.3, 0.4) is 0 Å². The van der Waals surface area contributed by atoms with Crippen LogP contribution in [0.5, 0.6) is 11.5 Å². The molecule has 0 aliphatic carbocycles. The molecule has 1 rings (SSSR count). The van der Waals surface area contributed by atoms with Gasteiger partial charge in [0.1, 0.15) is 0 Å². The van der Waals surface area contributed by atoms with Crippen molar-refractivity contribution in [2.24, 2.45) is 0 Å². The second kappa shape index (κ2) is 4.00. The maximum atomic E-state index is 9.26. The summed E-state index contributed by atoms with van der Waals surface area (Å²) in [7, 11) is 1.55. The maximum Gasteiger partial charge on any atom is 0.160 e. The minimum Gasteiger partial charge on any atom is -0.504 e. The molecular weight excluding hydrogens is 152 g/mol. The van der Waals surface area contributed by atoms with Crippen LogP contribution in [0.4, 0.5) is 0 Å². The molecule has 0 spiro atoms. The highest BCUT2D eigenvalue weighted by Gasteiger charge is 2.01. The van der Waals surface area contributed by atoms with Gasteiger partial charge in [-0.3, -0.25) is 0 Å². The van der Waals surface area contributed by atoms with Crippen molar-refractivity contribution in [3.8, 4) is 11.5 Å². The Morgan fingerprint density at radius 1 is 1.50 bits per heavy atom. The Labute approximate surface area is 72.8 Å². The van der Waals surface area contributed by atoms with Crippen molar-refractivity contribution in [2.45, 2.75) is 13.3 Å². The van der Waals surface area contributed by atoms with Gasteiger partial charge in [-0.15, -0.1) is 0 Å². The van der Waals surface area contributed by atoms with Gasteiger partial charge >= 0.3 is 0 Å². The van der Waals surface area contributed by atoms with Gasteiger partial charge in [0.15, 0.2) is 11.5 Å². The zero-order chi connectivity index (χ0) is 8.97. The number of ether oxygens (including phenoxy) is 1. The van der Waals surface area contributed by atoms with E-state index in [9.17, 15) is 5.11 Å². The molecule has 0 unspecified atom stereocenters. The third-order valence-electron chi connectivity index (χ3n) is 1.64. The average molecular weight is 165 g/mol. The number of rotatable bonds is 3. The van der Waals surface area contributed by atoms with E-state index in [0.717, 1.165) is 12.0 Å². The molecule has 1 aromatic rings. The lowest BCUT2D eigenvalue weighted by molar-refractivity contribution is 0.373. The molecule has 0 aliphatic rings. The molecule has 0 bridgehead atoms. The molecule has 12 heavy (non-hydrogen) atoms. The van der Waals surface area contributed by atoms with E-state index in [2.05, 4.69) is 13.3 Å². The fourth-order valence-corrected chi connectivity index (χ4v) is 1.06. The minimum absolute atomic E-state index is 0.186. The van der Waals surface area contributed by atoms with Crippen LogP contribution in [0.25, 0.3) is 0 Å². The summed E-state index contributed by atoms with van der Waals surface area (Å²) in [5.74, 6) is 0.711. The first-order valence-corrected chi connectivity index (χ1v) is 3.98. The molecule has 1 aromatic carbocycles. The van der Waals surface area contributed by atoms with Crippen molar-refractivity contribution in [1.82, 2.24) is 0 Å². The van der Waals surface area contributed by atoms with Gasteiger partial charge in [0.25, 0.3) is 0 Å². The summed E-state index contributed by atoms with van der Waals surface area (Å²) in [6, 6.07) is 5.32. The predicted octanol–water partition coefficient (Wildman–Crippen LogP) is 2.36. The fraction of sp³-hybridized carbons (Fsp3) is 0.300. The summed E-state index contributed by atoms with van der Waals surface area (Å²) in [4.78, 5) is 0. The van der Waals surface area contributed by atoms with Crippen LogP contribution in [0, 0.1) is 6.42 Å². The molecule has 1 radical (unpaired) electrons. The molecule has 0 saturated heterocycles. The van der Waals surface area contributed by atoms with E-state index in [1.54, 1.807) is 13.2 Å². The lowest BCUT2D eigenvalue weighted by Gasteiger charge is -2.04. The van der Waals surface area contributed by atoms with E-state index < -0.39 is 0 Å². The van der Waals surface area contributed by atoms with E-state index in [1.807, 2.05) is 12.1 Å².